The predicted octanol–water partition coefficient (Wildman–Crippen LogP) is 4.11. The molecule has 4 rings (SSSR count). The maximum absolute atomic E-state index is 14.5. The lowest BCUT2D eigenvalue weighted by Crippen LogP contribution is -2.40. The van der Waals surface area contributed by atoms with Gasteiger partial charge in [0.15, 0.2) is 0 Å². The number of benzene rings is 1. The Bertz CT molecular complexity index is 1310. The molecule has 1 aromatic heterocycles. The standard InChI is InChI=1S/C27H38FN5O4S/c1-25(2,3)32-38(36,37)21-16-18(6-8-20(21)28)29-24(35)19-7-9-22(31-26(4,5)17-34)30-23(19)33-14-12-27(10-11-27)13-15-33/h6-9,16,32,34H,10-15,17H2,1-5H3,(H,29,35)(H,30,31). The van der Waals surface area contributed by atoms with Crippen molar-refractivity contribution < 1.29 is 22.7 Å². The van der Waals surface area contributed by atoms with Gasteiger partial charge in [-0.25, -0.2) is 22.5 Å². The number of rotatable bonds is 8. The van der Waals surface area contributed by atoms with E-state index in [9.17, 15) is 22.7 Å². The van der Waals surface area contributed by atoms with Crippen molar-refractivity contribution in [3.8, 4) is 0 Å². The lowest BCUT2D eigenvalue weighted by atomic mass is 9.93. The number of halogens is 1. The SMILES string of the molecule is CC(C)(C)NS(=O)(=O)c1cc(NC(=O)c2ccc(NC(C)(C)CO)nc2N2CCC3(CC2)CC3)ccc1F. The number of nitrogens with zero attached hydrogens (tertiary/aromatic N) is 2. The highest BCUT2D eigenvalue weighted by molar-refractivity contribution is 7.89. The number of carbonyl (C=O) groups excluding carboxylic acids is 1. The second kappa shape index (κ2) is 10.1. The maximum Gasteiger partial charge on any atom is 0.259 e. The van der Waals surface area contributed by atoms with Crippen LogP contribution in [0, 0.1) is 11.2 Å². The molecule has 11 heteroatoms. The van der Waals surface area contributed by atoms with E-state index >= 15 is 0 Å². The van der Waals surface area contributed by atoms with E-state index in [0.29, 0.717) is 22.6 Å². The minimum absolute atomic E-state index is 0.0988. The summed E-state index contributed by atoms with van der Waals surface area (Å²) in [5, 5.41) is 15.6. The van der Waals surface area contributed by atoms with Crippen molar-refractivity contribution in [2.75, 3.05) is 35.2 Å². The number of piperidine rings is 1. The van der Waals surface area contributed by atoms with Crippen molar-refractivity contribution in [1.29, 1.82) is 0 Å². The first-order valence-electron chi connectivity index (χ1n) is 12.9. The molecule has 38 heavy (non-hydrogen) atoms. The number of aliphatic hydroxyl groups excluding tert-OH is 1. The summed E-state index contributed by atoms with van der Waals surface area (Å²) in [4.78, 5) is 19.8. The smallest absolute Gasteiger partial charge is 0.259 e. The second-order valence-electron chi connectivity index (χ2n) is 12.2. The molecular weight excluding hydrogens is 509 g/mol. The van der Waals surface area contributed by atoms with Crippen LogP contribution in [0.15, 0.2) is 35.2 Å². The van der Waals surface area contributed by atoms with Crippen molar-refractivity contribution in [1.82, 2.24) is 9.71 Å². The van der Waals surface area contributed by atoms with Crippen LogP contribution in [0.2, 0.25) is 0 Å². The number of aromatic nitrogens is 1. The molecule has 0 atom stereocenters. The molecule has 1 aliphatic carbocycles. The summed E-state index contributed by atoms with van der Waals surface area (Å²) in [6.07, 6.45) is 4.56. The lowest BCUT2D eigenvalue weighted by molar-refractivity contribution is 0.102. The van der Waals surface area contributed by atoms with Crippen LogP contribution in [0.25, 0.3) is 0 Å². The van der Waals surface area contributed by atoms with Crippen LogP contribution < -0.4 is 20.3 Å². The molecule has 0 unspecified atom stereocenters. The molecule has 1 saturated carbocycles. The van der Waals surface area contributed by atoms with Crippen LogP contribution in [0.5, 0.6) is 0 Å². The summed E-state index contributed by atoms with van der Waals surface area (Å²) in [7, 11) is -4.15. The monoisotopic (exact) mass is 547 g/mol. The van der Waals surface area contributed by atoms with Crippen LogP contribution in [-0.2, 0) is 10.0 Å². The highest BCUT2D eigenvalue weighted by Gasteiger charge is 2.45. The summed E-state index contributed by atoms with van der Waals surface area (Å²) in [6.45, 7) is 10.1. The number of pyridine rings is 1. The maximum atomic E-state index is 14.5. The molecule has 0 radical (unpaired) electrons. The van der Waals surface area contributed by atoms with Crippen molar-refractivity contribution in [2.45, 2.75) is 76.3 Å². The molecule has 1 aromatic carbocycles. The fourth-order valence-corrected chi connectivity index (χ4v) is 6.16. The van der Waals surface area contributed by atoms with Crippen molar-refractivity contribution in [3.05, 3.63) is 41.7 Å². The van der Waals surface area contributed by atoms with Gasteiger partial charge in [-0.15, -0.1) is 0 Å². The number of amides is 1. The molecule has 0 bridgehead atoms. The third-order valence-corrected chi connectivity index (χ3v) is 8.75. The van der Waals surface area contributed by atoms with Gasteiger partial charge in [-0.1, -0.05) is 0 Å². The summed E-state index contributed by atoms with van der Waals surface area (Å²) < 4.78 is 42.5. The average Bonchev–Trinajstić information content (AvgIpc) is 3.57. The van der Waals surface area contributed by atoms with Gasteiger partial charge in [0, 0.05) is 24.3 Å². The van der Waals surface area contributed by atoms with Gasteiger partial charge >= 0.3 is 0 Å². The van der Waals surface area contributed by atoms with Gasteiger partial charge in [-0.05, 0) is 96.0 Å². The van der Waals surface area contributed by atoms with Crippen LogP contribution in [0.1, 0.15) is 70.7 Å². The highest BCUT2D eigenvalue weighted by atomic mass is 32.2. The van der Waals surface area contributed by atoms with Crippen LogP contribution in [-0.4, -0.2) is 55.2 Å². The first-order chi connectivity index (χ1) is 17.6. The first kappa shape index (κ1) is 28.3. The number of sulfonamides is 1. The normalized spacial score (nSPS) is 17.4. The fraction of sp³-hybridized carbons (Fsp3) is 0.556. The zero-order valence-electron chi connectivity index (χ0n) is 22.7. The molecule has 9 nitrogen and oxygen atoms in total. The van der Waals surface area contributed by atoms with Crippen LogP contribution >= 0.6 is 0 Å². The van der Waals surface area contributed by atoms with E-state index < -0.39 is 37.7 Å². The van der Waals surface area contributed by atoms with Crippen LogP contribution in [0.4, 0.5) is 21.7 Å². The molecule has 2 heterocycles. The molecule has 2 fully saturated rings. The second-order valence-corrected chi connectivity index (χ2v) is 13.8. The number of anilines is 3. The number of carbonyl (C=O) groups is 1. The van der Waals surface area contributed by atoms with E-state index in [0.717, 1.165) is 38.1 Å². The van der Waals surface area contributed by atoms with E-state index in [1.807, 2.05) is 13.8 Å². The van der Waals surface area contributed by atoms with E-state index in [1.54, 1.807) is 32.9 Å². The molecule has 2 aliphatic rings. The molecule has 1 spiro atoms. The quantitative estimate of drug-likeness (QED) is 0.392. The number of aliphatic hydroxyl groups is 1. The third-order valence-electron chi connectivity index (χ3n) is 6.98. The van der Waals surface area contributed by atoms with E-state index in [-0.39, 0.29) is 12.3 Å². The summed E-state index contributed by atoms with van der Waals surface area (Å²) in [6, 6.07) is 6.81. The van der Waals surface area contributed by atoms with Gasteiger partial charge in [-0.2, -0.15) is 0 Å². The minimum Gasteiger partial charge on any atom is -0.394 e. The molecule has 2 aromatic rings. The van der Waals surface area contributed by atoms with Crippen molar-refractivity contribution in [3.63, 3.8) is 0 Å². The summed E-state index contributed by atoms with van der Waals surface area (Å²) >= 11 is 0. The Morgan fingerprint density at radius 3 is 2.32 bits per heavy atom. The Balaban J connectivity index is 1.63. The Hall–Kier alpha value is -2.76. The topological polar surface area (TPSA) is 124 Å². The van der Waals surface area contributed by atoms with Crippen molar-refractivity contribution in [2.24, 2.45) is 5.41 Å². The molecule has 4 N–H and O–H groups in total. The molecular formula is C27H38FN5O4S. The molecule has 208 valence electrons. The number of nitrogens with one attached hydrogen (secondary N) is 3. The average molecular weight is 548 g/mol. The third kappa shape index (κ3) is 6.62. The number of hydrogen-bond donors (Lipinski definition) is 4. The van der Waals surface area contributed by atoms with E-state index in [1.165, 1.54) is 18.9 Å². The Labute approximate surface area is 224 Å². The van der Waals surface area contributed by atoms with Gasteiger partial charge in [0.2, 0.25) is 10.0 Å². The predicted molar refractivity (Wildman–Crippen MR) is 147 cm³/mol. The number of hydrogen-bond acceptors (Lipinski definition) is 7. The van der Waals surface area contributed by atoms with Crippen LogP contribution in [0.3, 0.4) is 0 Å². The van der Waals surface area contributed by atoms with E-state index in [4.69, 9.17) is 4.98 Å². The van der Waals surface area contributed by atoms with Gasteiger partial charge in [0.1, 0.15) is 22.3 Å². The van der Waals surface area contributed by atoms with Gasteiger partial charge < -0.3 is 20.6 Å². The zero-order valence-corrected chi connectivity index (χ0v) is 23.5. The van der Waals surface area contributed by atoms with Gasteiger partial charge in [-0.3, -0.25) is 4.79 Å². The molecule has 1 saturated heterocycles. The Morgan fingerprint density at radius 2 is 1.74 bits per heavy atom. The molecule has 1 amide bonds. The summed E-state index contributed by atoms with van der Waals surface area (Å²) in [5.41, 5.74) is -0.504. The fourth-order valence-electron chi connectivity index (χ4n) is 4.64. The highest BCUT2D eigenvalue weighted by Crippen LogP contribution is 2.54. The van der Waals surface area contributed by atoms with E-state index in [2.05, 4.69) is 20.3 Å². The van der Waals surface area contributed by atoms with Gasteiger partial charge in [0.05, 0.1) is 17.7 Å². The Morgan fingerprint density at radius 1 is 1.08 bits per heavy atom. The zero-order chi connectivity index (χ0) is 27.9. The van der Waals surface area contributed by atoms with Gasteiger partial charge in [0.25, 0.3) is 5.91 Å². The van der Waals surface area contributed by atoms with Crippen molar-refractivity contribution >= 4 is 33.3 Å². The Kier molecular flexibility index (Phi) is 7.50. The largest absolute Gasteiger partial charge is 0.394 e. The first-order valence-corrected chi connectivity index (χ1v) is 14.4. The lowest BCUT2D eigenvalue weighted by Gasteiger charge is -2.34. The molecule has 1 aliphatic heterocycles. The minimum atomic E-state index is -4.15. The summed E-state index contributed by atoms with van der Waals surface area (Å²) in [5.74, 6) is -0.343.